The molecule has 2 N–H and O–H groups in total. The third kappa shape index (κ3) is 3.65. The number of aliphatic hydroxyl groups is 1. The number of aliphatic hydroxyl groups excluding tert-OH is 1. The van der Waals surface area contributed by atoms with Crippen LogP contribution in [0, 0.1) is 17.5 Å². The number of carbonyl (C=O) groups is 1. The van der Waals surface area contributed by atoms with Crippen molar-refractivity contribution in [2.45, 2.75) is 19.1 Å². The van der Waals surface area contributed by atoms with Crippen LogP contribution in [-0.4, -0.2) is 17.1 Å². The third-order valence-corrected chi connectivity index (χ3v) is 3.20. The van der Waals surface area contributed by atoms with Crippen LogP contribution in [0.4, 0.5) is 13.2 Å². The summed E-state index contributed by atoms with van der Waals surface area (Å²) < 4.78 is 39.1. The smallest absolute Gasteiger partial charge is 0.251 e. The fourth-order valence-corrected chi connectivity index (χ4v) is 1.98. The highest BCUT2D eigenvalue weighted by atomic mass is 19.2. The highest BCUT2D eigenvalue weighted by Gasteiger charge is 2.20. The largest absolute Gasteiger partial charge is 0.386 e. The molecule has 2 unspecified atom stereocenters. The molecule has 3 nitrogen and oxygen atoms in total. The topological polar surface area (TPSA) is 49.3 Å². The number of carbonyl (C=O) groups excluding carboxylic acids is 1. The standard InChI is InChI=1S/C16H14F3NO2/c1-9(15(21)10-5-6-13(18)14(19)8-10)20-16(22)11-3-2-4-12(17)7-11/h2-9,15,21H,1H3,(H,20,22). The van der Waals surface area contributed by atoms with Crippen LogP contribution in [-0.2, 0) is 0 Å². The van der Waals surface area contributed by atoms with Crippen LogP contribution >= 0.6 is 0 Å². The molecule has 2 aromatic rings. The summed E-state index contributed by atoms with van der Waals surface area (Å²) in [5.41, 5.74) is 0.232. The summed E-state index contributed by atoms with van der Waals surface area (Å²) in [4.78, 5) is 11.9. The van der Waals surface area contributed by atoms with E-state index in [1.54, 1.807) is 0 Å². The van der Waals surface area contributed by atoms with E-state index in [0.29, 0.717) is 0 Å². The van der Waals surface area contributed by atoms with Gasteiger partial charge in [-0.3, -0.25) is 4.79 Å². The molecule has 0 spiro atoms. The SMILES string of the molecule is CC(NC(=O)c1cccc(F)c1)C(O)c1ccc(F)c(F)c1. The van der Waals surface area contributed by atoms with Gasteiger partial charge < -0.3 is 10.4 Å². The quantitative estimate of drug-likeness (QED) is 0.912. The lowest BCUT2D eigenvalue weighted by atomic mass is 10.0. The van der Waals surface area contributed by atoms with E-state index in [-0.39, 0.29) is 11.1 Å². The van der Waals surface area contributed by atoms with Crippen molar-refractivity contribution in [3.05, 3.63) is 71.0 Å². The predicted octanol–water partition coefficient (Wildman–Crippen LogP) is 2.96. The van der Waals surface area contributed by atoms with E-state index in [1.165, 1.54) is 31.2 Å². The Morgan fingerprint density at radius 2 is 1.82 bits per heavy atom. The average Bonchev–Trinajstić information content (AvgIpc) is 2.49. The van der Waals surface area contributed by atoms with Crippen molar-refractivity contribution in [2.24, 2.45) is 0 Å². The van der Waals surface area contributed by atoms with Gasteiger partial charge in [0.1, 0.15) is 5.82 Å². The Balaban J connectivity index is 2.09. The van der Waals surface area contributed by atoms with E-state index < -0.39 is 35.5 Å². The number of nitrogens with one attached hydrogen (secondary N) is 1. The minimum atomic E-state index is -1.23. The number of amides is 1. The summed E-state index contributed by atoms with van der Waals surface area (Å²) in [7, 11) is 0. The number of hydrogen-bond acceptors (Lipinski definition) is 2. The molecular formula is C16H14F3NO2. The van der Waals surface area contributed by atoms with E-state index in [0.717, 1.165) is 18.2 Å². The molecule has 0 aliphatic heterocycles. The van der Waals surface area contributed by atoms with Gasteiger partial charge in [-0.15, -0.1) is 0 Å². The minimum absolute atomic E-state index is 0.101. The summed E-state index contributed by atoms with van der Waals surface area (Å²) in [6.45, 7) is 1.50. The first-order chi connectivity index (χ1) is 10.4. The van der Waals surface area contributed by atoms with Crippen LogP contribution in [0.15, 0.2) is 42.5 Å². The molecule has 2 rings (SSSR count). The summed E-state index contributed by atoms with van der Waals surface area (Å²) >= 11 is 0. The lowest BCUT2D eigenvalue weighted by Crippen LogP contribution is -2.37. The molecule has 22 heavy (non-hydrogen) atoms. The van der Waals surface area contributed by atoms with Gasteiger partial charge in [0.05, 0.1) is 12.1 Å². The van der Waals surface area contributed by atoms with Gasteiger partial charge >= 0.3 is 0 Å². The predicted molar refractivity (Wildman–Crippen MR) is 74.6 cm³/mol. The molecule has 2 atom stereocenters. The number of hydrogen-bond donors (Lipinski definition) is 2. The fraction of sp³-hybridized carbons (Fsp3) is 0.188. The number of benzene rings is 2. The second-order valence-electron chi connectivity index (χ2n) is 4.89. The zero-order valence-corrected chi connectivity index (χ0v) is 11.7. The minimum Gasteiger partial charge on any atom is -0.386 e. The molecule has 0 fully saturated rings. The van der Waals surface area contributed by atoms with Gasteiger partial charge in [-0.05, 0) is 42.8 Å². The first kappa shape index (κ1) is 16.0. The lowest BCUT2D eigenvalue weighted by Gasteiger charge is -2.20. The normalized spacial score (nSPS) is 13.5. The van der Waals surface area contributed by atoms with Gasteiger partial charge in [-0.1, -0.05) is 12.1 Å². The van der Waals surface area contributed by atoms with Crippen molar-refractivity contribution in [3.63, 3.8) is 0 Å². The van der Waals surface area contributed by atoms with Crippen molar-refractivity contribution in [1.29, 1.82) is 0 Å². The molecule has 6 heteroatoms. The summed E-state index contributed by atoms with van der Waals surface area (Å²) in [5.74, 6) is -3.23. The zero-order valence-electron chi connectivity index (χ0n) is 11.7. The van der Waals surface area contributed by atoms with Gasteiger partial charge in [0.2, 0.25) is 0 Å². The molecule has 1 amide bonds. The second-order valence-corrected chi connectivity index (χ2v) is 4.89. The Kier molecular flexibility index (Phi) is 4.82. The van der Waals surface area contributed by atoms with E-state index in [2.05, 4.69) is 5.32 Å². The maximum absolute atomic E-state index is 13.2. The molecule has 0 saturated heterocycles. The first-order valence-electron chi connectivity index (χ1n) is 6.58. The Labute approximate surface area is 125 Å². The third-order valence-electron chi connectivity index (χ3n) is 3.20. The van der Waals surface area contributed by atoms with E-state index >= 15 is 0 Å². The molecule has 0 radical (unpaired) electrons. The van der Waals surface area contributed by atoms with E-state index in [4.69, 9.17) is 0 Å². The Morgan fingerprint density at radius 1 is 1.09 bits per heavy atom. The van der Waals surface area contributed by atoms with Crippen molar-refractivity contribution >= 4 is 5.91 Å². The van der Waals surface area contributed by atoms with Crippen LogP contribution in [0.3, 0.4) is 0 Å². The molecule has 116 valence electrons. The van der Waals surface area contributed by atoms with Gasteiger partial charge in [0, 0.05) is 5.56 Å². The van der Waals surface area contributed by atoms with Gasteiger partial charge in [-0.2, -0.15) is 0 Å². The van der Waals surface area contributed by atoms with Crippen LogP contribution in [0.2, 0.25) is 0 Å². The summed E-state index contributed by atoms with van der Waals surface area (Å²) in [6.07, 6.45) is -1.23. The van der Waals surface area contributed by atoms with Crippen molar-refractivity contribution < 1.29 is 23.1 Å². The zero-order chi connectivity index (χ0) is 16.3. The molecule has 0 aromatic heterocycles. The van der Waals surface area contributed by atoms with Gasteiger partial charge in [0.25, 0.3) is 5.91 Å². The second kappa shape index (κ2) is 6.62. The van der Waals surface area contributed by atoms with Crippen LogP contribution in [0.5, 0.6) is 0 Å². The fourth-order valence-electron chi connectivity index (χ4n) is 1.98. The molecule has 2 aromatic carbocycles. The highest BCUT2D eigenvalue weighted by molar-refractivity contribution is 5.94. The number of halogens is 3. The lowest BCUT2D eigenvalue weighted by molar-refractivity contribution is 0.0851. The van der Waals surface area contributed by atoms with Gasteiger partial charge in [-0.25, -0.2) is 13.2 Å². The van der Waals surface area contributed by atoms with E-state index in [9.17, 15) is 23.1 Å². The maximum Gasteiger partial charge on any atom is 0.251 e. The highest BCUT2D eigenvalue weighted by Crippen LogP contribution is 2.19. The van der Waals surface area contributed by atoms with Crippen molar-refractivity contribution in [1.82, 2.24) is 5.32 Å². The molecule has 0 saturated carbocycles. The first-order valence-corrected chi connectivity index (χ1v) is 6.58. The van der Waals surface area contributed by atoms with Crippen LogP contribution in [0.25, 0.3) is 0 Å². The summed E-state index contributed by atoms with van der Waals surface area (Å²) in [5, 5.41) is 12.6. The molecular weight excluding hydrogens is 295 g/mol. The van der Waals surface area contributed by atoms with Gasteiger partial charge in [0.15, 0.2) is 11.6 Å². The maximum atomic E-state index is 13.2. The monoisotopic (exact) mass is 309 g/mol. The van der Waals surface area contributed by atoms with Crippen LogP contribution in [0.1, 0.15) is 28.9 Å². The molecule has 0 aliphatic rings. The van der Waals surface area contributed by atoms with Crippen molar-refractivity contribution in [3.8, 4) is 0 Å². The van der Waals surface area contributed by atoms with E-state index in [1.807, 2.05) is 0 Å². The average molecular weight is 309 g/mol. The molecule has 0 aliphatic carbocycles. The molecule has 0 bridgehead atoms. The molecule has 0 heterocycles. The Hall–Kier alpha value is -2.34. The number of rotatable bonds is 4. The summed E-state index contributed by atoms with van der Waals surface area (Å²) in [6, 6.07) is 7.30. The Morgan fingerprint density at radius 3 is 2.45 bits per heavy atom. The Bertz CT molecular complexity index is 691. The van der Waals surface area contributed by atoms with Crippen molar-refractivity contribution in [2.75, 3.05) is 0 Å². The van der Waals surface area contributed by atoms with Crippen LogP contribution < -0.4 is 5.32 Å².